The summed E-state index contributed by atoms with van der Waals surface area (Å²) in [4.78, 5) is 25.3. The first-order chi connectivity index (χ1) is 9.83. The Morgan fingerprint density at radius 1 is 1.38 bits per heavy atom. The summed E-state index contributed by atoms with van der Waals surface area (Å²) in [5, 5.41) is 5.45. The van der Waals surface area contributed by atoms with Crippen molar-refractivity contribution in [2.75, 3.05) is 38.2 Å². The maximum absolute atomic E-state index is 12.0. The summed E-state index contributed by atoms with van der Waals surface area (Å²) in [6.45, 7) is 4.47. The van der Waals surface area contributed by atoms with Crippen molar-refractivity contribution in [2.45, 2.75) is 13.8 Å². The number of rotatable bonds is 6. The minimum atomic E-state index is -0.161. The van der Waals surface area contributed by atoms with Crippen LogP contribution >= 0.6 is 0 Å². The van der Waals surface area contributed by atoms with Crippen LogP contribution < -0.4 is 16.4 Å². The van der Waals surface area contributed by atoms with Crippen LogP contribution in [0, 0.1) is 12.8 Å². The molecule has 6 heteroatoms. The van der Waals surface area contributed by atoms with Gasteiger partial charge in [0.25, 0.3) is 0 Å². The lowest BCUT2D eigenvalue weighted by Crippen LogP contribution is -2.38. The van der Waals surface area contributed by atoms with Crippen molar-refractivity contribution in [3.63, 3.8) is 0 Å². The number of nitrogens with two attached hydrogens (primary N) is 1. The molecule has 0 heterocycles. The van der Waals surface area contributed by atoms with Crippen LogP contribution in [0.3, 0.4) is 0 Å². The zero-order valence-corrected chi connectivity index (χ0v) is 13.1. The first-order valence-corrected chi connectivity index (χ1v) is 6.89. The van der Waals surface area contributed by atoms with Gasteiger partial charge in [0.2, 0.25) is 11.8 Å². The molecule has 0 aromatic heterocycles. The lowest BCUT2D eigenvalue weighted by Gasteiger charge is -2.20. The molecule has 1 aromatic carbocycles. The molecular weight excluding hydrogens is 268 g/mol. The predicted octanol–water partition coefficient (Wildman–Crippen LogP) is 0.830. The minimum absolute atomic E-state index is 0.0309. The fourth-order valence-electron chi connectivity index (χ4n) is 2.12. The molecule has 0 bridgehead atoms. The SMILES string of the molecule is CNC(=O)C(C)CN(C)CC(=O)Nc1ccc(N)cc1C. The number of benzene rings is 1. The van der Waals surface area contributed by atoms with Crippen LogP contribution in [0.5, 0.6) is 0 Å². The van der Waals surface area contributed by atoms with Crippen LogP contribution in [0.15, 0.2) is 18.2 Å². The maximum Gasteiger partial charge on any atom is 0.238 e. The highest BCUT2D eigenvalue weighted by atomic mass is 16.2. The van der Waals surface area contributed by atoms with Crippen LogP contribution in [0.2, 0.25) is 0 Å². The number of nitrogens with one attached hydrogen (secondary N) is 2. The van der Waals surface area contributed by atoms with Crippen LogP contribution in [0.1, 0.15) is 12.5 Å². The molecular formula is C15H24N4O2. The summed E-state index contributed by atoms with van der Waals surface area (Å²) in [5.41, 5.74) is 8.02. The van der Waals surface area contributed by atoms with Crippen LogP contribution in [-0.2, 0) is 9.59 Å². The van der Waals surface area contributed by atoms with Crippen molar-refractivity contribution in [3.05, 3.63) is 23.8 Å². The van der Waals surface area contributed by atoms with Gasteiger partial charge in [-0.15, -0.1) is 0 Å². The number of anilines is 2. The van der Waals surface area contributed by atoms with E-state index >= 15 is 0 Å². The number of amides is 2. The molecule has 0 aliphatic rings. The molecule has 0 radical (unpaired) electrons. The molecule has 2 amide bonds. The van der Waals surface area contributed by atoms with Gasteiger partial charge < -0.3 is 16.4 Å². The smallest absolute Gasteiger partial charge is 0.238 e. The zero-order valence-electron chi connectivity index (χ0n) is 13.1. The summed E-state index contributed by atoms with van der Waals surface area (Å²) in [6, 6.07) is 5.35. The Hall–Kier alpha value is -2.08. The topological polar surface area (TPSA) is 87.5 Å². The van der Waals surface area contributed by atoms with Gasteiger partial charge >= 0.3 is 0 Å². The molecule has 0 fully saturated rings. The summed E-state index contributed by atoms with van der Waals surface area (Å²) >= 11 is 0. The number of nitrogen functional groups attached to an aromatic ring is 1. The Balaban J connectivity index is 2.51. The van der Waals surface area contributed by atoms with Crippen molar-refractivity contribution in [1.29, 1.82) is 0 Å². The second kappa shape index (κ2) is 7.64. The number of carbonyl (C=O) groups is 2. The van der Waals surface area contributed by atoms with E-state index in [2.05, 4.69) is 10.6 Å². The lowest BCUT2D eigenvalue weighted by molar-refractivity contribution is -0.125. The number of hydrogen-bond donors (Lipinski definition) is 3. The van der Waals surface area contributed by atoms with E-state index < -0.39 is 0 Å². The molecule has 0 aliphatic carbocycles. The number of likely N-dealkylation sites (N-methyl/N-ethyl adjacent to an activating group) is 1. The summed E-state index contributed by atoms with van der Waals surface area (Å²) in [7, 11) is 3.42. The monoisotopic (exact) mass is 292 g/mol. The Kier molecular flexibility index (Phi) is 6.17. The van der Waals surface area contributed by atoms with E-state index in [0.29, 0.717) is 12.2 Å². The highest BCUT2D eigenvalue weighted by Crippen LogP contribution is 2.17. The van der Waals surface area contributed by atoms with Gasteiger partial charge in [-0.3, -0.25) is 14.5 Å². The Morgan fingerprint density at radius 2 is 2.05 bits per heavy atom. The first kappa shape index (κ1) is 17.0. The fourth-order valence-corrected chi connectivity index (χ4v) is 2.12. The highest BCUT2D eigenvalue weighted by molar-refractivity contribution is 5.93. The molecule has 116 valence electrons. The van der Waals surface area contributed by atoms with Gasteiger partial charge in [-0.1, -0.05) is 6.92 Å². The molecule has 0 saturated carbocycles. The molecule has 1 aromatic rings. The van der Waals surface area contributed by atoms with Gasteiger partial charge in [-0.2, -0.15) is 0 Å². The van der Waals surface area contributed by atoms with Gasteiger partial charge in [0.15, 0.2) is 0 Å². The molecule has 6 nitrogen and oxygen atoms in total. The molecule has 4 N–H and O–H groups in total. The second-order valence-corrected chi connectivity index (χ2v) is 5.33. The van der Waals surface area contributed by atoms with Crippen molar-refractivity contribution in [1.82, 2.24) is 10.2 Å². The van der Waals surface area contributed by atoms with E-state index in [9.17, 15) is 9.59 Å². The number of hydrogen-bond acceptors (Lipinski definition) is 4. The average Bonchev–Trinajstić information content (AvgIpc) is 2.40. The predicted molar refractivity (Wildman–Crippen MR) is 84.9 cm³/mol. The summed E-state index contributed by atoms with van der Waals surface area (Å²) in [5.74, 6) is -0.308. The van der Waals surface area contributed by atoms with Crippen LogP contribution in [-0.4, -0.2) is 43.9 Å². The summed E-state index contributed by atoms with van der Waals surface area (Å²) in [6.07, 6.45) is 0. The molecule has 0 spiro atoms. The van der Waals surface area contributed by atoms with E-state index in [-0.39, 0.29) is 24.3 Å². The molecule has 1 atom stereocenters. The van der Waals surface area contributed by atoms with Gasteiger partial charge in [-0.25, -0.2) is 0 Å². The van der Waals surface area contributed by atoms with E-state index in [0.717, 1.165) is 11.3 Å². The Bertz CT molecular complexity index is 516. The first-order valence-electron chi connectivity index (χ1n) is 6.89. The van der Waals surface area contributed by atoms with Crippen molar-refractivity contribution < 1.29 is 9.59 Å². The molecule has 0 aliphatic heterocycles. The summed E-state index contributed by atoms with van der Waals surface area (Å²) < 4.78 is 0. The van der Waals surface area contributed by atoms with E-state index in [1.807, 2.05) is 31.9 Å². The molecule has 0 saturated heterocycles. The largest absolute Gasteiger partial charge is 0.399 e. The van der Waals surface area contributed by atoms with E-state index in [1.54, 1.807) is 19.2 Å². The fraction of sp³-hybridized carbons (Fsp3) is 0.467. The molecule has 21 heavy (non-hydrogen) atoms. The third-order valence-corrected chi connectivity index (χ3v) is 3.22. The van der Waals surface area contributed by atoms with Gasteiger partial charge in [0.1, 0.15) is 0 Å². The van der Waals surface area contributed by atoms with Gasteiger partial charge in [0.05, 0.1) is 6.54 Å². The average molecular weight is 292 g/mol. The quantitative estimate of drug-likeness (QED) is 0.678. The Labute approximate surface area is 125 Å². The van der Waals surface area contributed by atoms with Crippen LogP contribution in [0.25, 0.3) is 0 Å². The van der Waals surface area contributed by atoms with E-state index in [4.69, 9.17) is 5.73 Å². The lowest BCUT2D eigenvalue weighted by atomic mass is 10.1. The van der Waals surface area contributed by atoms with E-state index in [1.165, 1.54) is 0 Å². The zero-order chi connectivity index (χ0) is 16.0. The standard InChI is InChI=1S/C15H24N4O2/c1-10-7-12(16)5-6-13(10)18-14(20)9-19(4)8-11(2)15(21)17-3/h5-7,11H,8-9,16H2,1-4H3,(H,17,21)(H,18,20). The van der Waals surface area contributed by atoms with Gasteiger partial charge in [0, 0.05) is 30.9 Å². The van der Waals surface area contributed by atoms with Crippen molar-refractivity contribution in [2.24, 2.45) is 5.92 Å². The van der Waals surface area contributed by atoms with Crippen LogP contribution in [0.4, 0.5) is 11.4 Å². The number of carbonyl (C=O) groups excluding carboxylic acids is 2. The highest BCUT2D eigenvalue weighted by Gasteiger charge is 2.15. The van der Waals surface area contributed by atoms with Crippen molar-refractivity contribution in [3.8, 4) is 0 Å². The third kappa shape index (κ3) is 5.43. The van der Waals surface area contributed by atoms with Gasteiger partial charge in [-0.05, 0) is 37.7 Å². The minimum Gasteiger partial charge on any atom is -0.399 e. The van der Waals surface area contributed by atoms with Crippen molar-refractivity contribution >= 4 is 23.2 Å². The Morgan fingerprint density at radius 3 is 2.62 bits per heavy atom. The molecule has 1 unspecified atom stereocenters. The maximum atomic E-state index is 12.0. The molecule has 1 rings (SSSR count). The normalized spacial score (nSPS) is 12.0. The second-order valence-electron chi connectivity index (χ2n) is 5.33. The number of nitrogens with zero attached hydrogens (tertiary/aromatic N) is 1. The third-order valence-electron chi connectivity index (χ3n) is 3.22. The number of aryl methyl sites for hydroxylation is 1.